The average Bonchev–Trinajstić information content (AvgIpc) is 3.17. The molecule has 0 amide bonds. The molecule has 0 radical (unpaired) electrons. The second kappa shape index (κ2) is 4.31. The number of fused-ring (bicyclic) bond motifs is 1. The van der Waals surface area contributed by atoms with Crippen LogP contribution in [-0.2, 0) is 0 Å². The van der Waals surface area contributed by atoms with E-state index in [2.05, 4.69) is 26.1 Å². The Morgan fingerprint density at radius 1 is 0.900 bits per heavy atom. The number of benzene rings is 1. The monoisotopic (exact) mass is 261 g/mol. The lowest BCUT2D eigenvalue weighted by atomic mass is 10.0. The van der Waals surface area contributed by atoms with Crippen LogP contribution < -0.4 is 0 Å². The van der Waals surface area contributed by atoms with Crippen molar-refractivity contribution >= 4 is 5.65 Å². The first-order chi connectivity index (χ1) is 9.93. The summed E-state index contributed by atoms with van der Waals surface area (Å²) in [6.07, 6.45) is 9.07. The Morgan fingerprint density at radius 2 is 1.80 bits per heavy atom. The molecule has 4 aromatic rings. The third-order valence-electron chi connectivity index (χ3n) is 3.25. The molecule has 3 heterocycles. The first kappa shape index (κ1) is 10.9. The number of imidazole rings is 1. The Kier molecular flexibility index (Phi) is 2.35. The highest BCUT2D eigenvalue weighted by Gasteiger charge is 2.13. The molecule has 0 unspecified atom stereocenters. The van der Waals surface area contributed by atoms with Gasteiger partial charge in [0.25, 0.3) is 0 Å². The smallest absolute Gasteiger partial charge is 0.162 e. The topological polar surface area (TPSA) is 58.9 Å². The highest BCUT2D eigenvalue weighted by molar-refractivity contribution is 5.87. The van der Waals surface area contributed by atoms with Gasteiger partial charge in [-0.3, -0.25) is 0 Å². The molecule has 0 aliphatic carbocycles. The molecular formula is C15H11N5. The lowest BCUT2D eigenvalue weighted by Gasteiger charge is -2.05. The van der Waals surface area contributed by atoms with Crippen molar-refractivity contribution in [2.24, 2.45) is 0 Å². The summed E-state index contributed by atoms with van der Waals surface area (Å²) in [4.78, 5) is 11.9. The standard InChI is InChI=1S/C15H11N5/c1-2-5-12(14-16-7-8-17-14)11(4-1)13-10-19-20-9-3-6-18-15(13)20/h1-10H,(H,16,17). The fraction of sp³-hybridized carbons (Fsp3) is 0. The molecule has 0 atom stereocenters. The van der Waals surface area contributed by atoms with Gasteiger partial charge in [0.05, 0.1) is 6.20 Å². The van der Waals surface area contributed by atoms with E-state index in [0.29, 0.717) is 0 Å². The van der Waals surface area contributed by atoms with Gasteiger partial charge < -0.3 is 4.98 Å². The van der Waals surface area contributed by atoms with Gasteiger partial charge in [-0.25, -0.2) is 14.5 Å². The number of hydrogen-bond donors (Lipinski definition) is 1. The van der Waals surface area contributed by atoms with Crippen LogP contribution in [0.1, 0.15) is 0 Å². The van der Waals surface area contributed by atoms with Crippen LogP contribution in [0.4, 0.5) is 0 Å². The molecule has 1 N–H and O–H groups in total. The van der Waals surface area contributed by atoms with Gasteiger partial charge in [-0.05, 0) is 11.6 Å². The Bertz CT molecular complexity index is 861. The first-order valence-electron chi connectivity index (χ1n) is 6.31. The van der Waals surface area contributed by atoms with E-state index < -0.39 is 0 Å². The van der Waals surface area contributed by atoms with Gasteiger partial charge in [-0.1, -0.05) is 24.3 Å². The van der Waals surface area contributed by atoms with Crippen molar-refractivity contribution in [1.29, 1.82) is 0 Å². The zero-order valence-corrected chi connectivity index (χ0v) is 10.6. The molecule has 0 aliphatic heterocycles. The van der Waals surface area contributed by atoms with E-state index in [1.807, 2.05) is 42.9 Å². The second-order valence-corrected chi connectivity index (χ2v) is 4.43. The number of aromatic nitrogens is 5. The van der Waals surface area contributed by atoms with Crippen molar-refractivity contribution in [3.8, 4) is 22.5 Å². The zero-order chi connectivity index (χ0) is 13.4. The predicted octanol–water partition coefficient (Wildman–Crippen LogP) is 2.79. The van der Waals surface area contributed by atoms with E-state index >= 15 is 0 Å². The third-order valence-corrected chi connectivity index (χ3v) is 3.25. The number of aromatic amines is 1. The molecule has 0 saturated heterocycles. The summed E-state index contributed by atoms with van der Waals surface area (Å²) in [5, 5.41) is 4.34. The summed E-state index contributed by atoms with van der Waals surface area (Å²) < 4.78 is 1.77. The molecule has 0 fully saturated rings. The van der Waals surface area contributed by atoms with Crippen LogP contribution in [0.15, 0.2) is 61.3 Å². The van der Waals surface area contributed by atoms with Crippen molar-refractivity contribution in [1.82, 2.24) is 24.6 Å². The Hall–Kier alpha value is -2.95. The molecule has 0 spiro atoms. The van der Waals surface area contributed by atoms with Gasteiger partial charge in [-0.15, -0.1) is 0 Å². The van der Waals surface area contributed by atoms with Gasteiger partial charge in [0.2, 0.25) is 0 Å². The lowest BCUT2D eigenvalue weighted by Crippen LogP contribution is -1.89. The predicted molar refractivity (Wildman–Crippen MR) is 76.0 cm³/mol. The normalized spacial score (nSPS) is 11.0. The molecule has 20 heavy (non-hydrogen) atoms. The van der Waals surface area contributed by atoms with Crippen molar-refractivity contribution in [2.45, 2.75) is 0 Å². The highest BCUT2D eigenvalue weighted by atomic mass is 15.2. The van der Waals surface area contributed by atoms with E-state index in [4.69, 9.17) is 0 Å². The molecule has 5 nitrogen and oxygen atoms in total. The van der Waals surface area contributed by atoms with Gasteiger partial charge in [0, 0.05) is 35.9 Å². The maximum atomic E-state index is 4.41. The SMILES string of the molecule is c1ccc(-c2cnn3cccnc23)c(-c2ncc[nH]2)c1. The Balaban J connectivity index is 1.99. The fourth-order valence-corrected chi connectivity index (χ4v) is 2.35. The third kappa shape index (κ3) is 1.60. The van der Waals surface area contributed by atoms with Crippen molar-refractivity contribution in [2.75, 3.05) is 0 Å². The van der Waals surface area contributed by atoms with Crippen LogP contribution in [0.3, 0.4) is 0 Å². The maximum Gasteiger partial charge on any atom is 0.162 e. The van der Waals surface area contributed by atoms with Gasteiger partial charge >= 0.3 is 0 Å². The Labute approximate surface area is 115 Å². The minimum Gasteiger partial charge on any atom is -0.345 e. The molecule has 0 aliphatic rings. The summed E-state index contributed by atoms with van der Waals surface area (Å²) in [6.45, 7) is 0. The van der Waals surface area contributed by atoms with E-state index in [1.54, 1.807) is 16.9 Å². The molecule has 4 rings (SSSR count). The van der Waals surface area contributed by atoms with E-state index in [0.717, 1.165) is 28.2 Å². The summed E-state index contributed by atoms with van der Waals surface area (Å²) in [5.41, 5.74) is 3.94. The van der Waals surface area contributed by atoms with Crippen LogP contribution in [0, 0.1) is 0 Å². The molecule has 5 heteroatoms. The number of rotatable bonds is 2. The Morgan fingerprint density at radius 3 is 2.65 bits per heavy atom. The molecule has 96 valence electrons. The molecule has 0 saturated carbocycles. The van der Waals surface area contributed by atoms with Crippen LogP contribution in [-0.4, -0.2) is 24.6 Å². The molecule has 1 aromatic carbocycles. The highest BCUT2D eigenvalue weighted by Crippen LogP contribution is 2.31. The second-order valence-electron chi connectivity index (χ2n) is 4.43. The van der Waals surface area contributed by atoms with Crippen LogP contribution in [0.2, 0.25) is 0 Å². The summed E-state index contributed by atoms with van der Waals surface area (Å²) in [5.74, 6) is 0.843. The quantitative estimate of drug-likeness (QED) is 0.603. The van der Waals surface area contributed by atoms with Crippen LogP contribution in [0.25, 0.3) is 28.2 Å². The fourth-order valence-electron chi connectivity index (χ4n) is 2.35. The largest absolute Gasteiger partial charge is 0.345 e. The first-order valence-corrected chi connectivity index (χ1v) is 6.31. The molecular weight excluding hydrogens is 250 g/mol. The van der Waals surface area contributed by atoms with Crippen LogP contribution in [0.5, 0.6) is 0 Å². The lowest BCUT2D eigenvalue weighted by molar-refractivity contribution is 0.939. The zero-order valence-electron chi connectivity index (χ0n) is 10.6. The van der Waals surface area contributed by atoms with Gasteiger partial charge in [-0.2, -0.15) is 5.10 Å². The van der Waals surface area contributed by atoms with Crippen molar-refractivity contribution < 1.29 is 0 Å². The number of nitrogens with zero attached hydrogens (tertiary/aromatic N) is 4. The van der Waals surface area contributed by atoms with Gasteiger partial charge in [0.1, 0.15) is 5.82 Å². The van der Waals surface area contributed by atoms with Crippen LogP contribution >= 0.6 is 0 Å². The maximum absolute atomic E-state index is 4.41. The summed E-state index contributed by atoms with van der Waals surface area (Å²) >= 11 is 0. The molecule has 0 bridgehead atoms. The van der Waals surface area contributed by atoms with Crippen molar-refractivity contribution in [3.05, 3.63) is 61.3 Å². The minimum absolute atomic E-state index is 0.839. The summed E-state index contributed by atoms with van der Waals surface area (Å²) in [6, 6.07) is 9.97. The number of nitrogens with one attached hydrogen (secondary N) is 1. The van der Waals surface area contributed by atoms with E-state index in [9.17, 15) is 0 Å². The number of H-pyrrole nitrogens is 1. The van der Waals surface area contributed by atoms with Crippen molar-refractivity contribution in [3.63, 3.8) is 0 Å². The number of hydrogen-bond acceptors (Lipinski definition) is 3. The van der Waals surface area contributed by atoms with E-state index in [-0.39, 0.29) is 0 Å². The average molecular weight is 261 g/mol. The van der Waals surface area contributed by atoms with Gasteiger partial charge in [0.15, 0.2) is 5.65 Å². The van der Waals surface area contributed by atoms with E-state index in [1.165, 1.54) is 0 Å². The minimum atomic E-state index is 0.839. The summed E-state index contributed by atoms with van der Waals surface area (Å²) in [7, 11) is 0. The molecule has 3 aromatic heterocycles.